The Morgan fingerprint density at radius 2 is 2.15 bits per heavy atom. The first-order valence-electron chi connectivity index (χ1n) is 6.02. The van der Waals surface area contributed by atoms with Crippen molar-refractivity contribution in [2.75, 3.05) is 12.4 Å². The summed E-state index contributed by atoms with van der Waals surface area (Å²) in [6, 6.07) is 3.94. The van der Waals surface area contributed by atoms with Crippen molar-refractivity contribution >= 4 is 23.6 Å². The maximum Gasteiger partial charge on any atom is 0.316 e. The average Bonchev–Trinajstić information content (AvgIpc) is 2.36. The molecule has 0 bridgehead atoms. The average molecular weight is 293 g/mol. The molecule has 0 saturated heterocycles. The minimum atomic E-state index is -0.927. The first-order chi connectivity index (χ1) is 9.38. The molecule has 0 aliphatic carbocycles. The van der Waals surface area contributed by atoms with Crippen molar-refractivity contribution in [1.29, 1.82) is 10.5 Å². The zero-order valence-electron chi connectivity index (χ0n) is 11.5. The van der Waals surface area contributed by atoms with Gasteiger partial charge < -0.3 is 10.1 Å². The summed E-state index contributed by atoms with van der Waals surface area (Å²) in [5.41, 5.74) is -0.582. The van der Waals surface area contributed by atoms with Crippen LogP contribution in [0.25, 0.3) is 0 Å². The summed E-state index contributed by atoms with van der Waals surface area (Å²) < 4.78 is 4.79. The minimum absolute atomic E-state index is 0.00192. The minimum Gasteiger partial charge on any atom is -0.465 e. The molecule has 1 N–H and O–H groups in total. The van der Waals surface area contributed by atoms with E-state index in [4.69, 9.17) is 10.00 Å². The van der Waals surface area contributed by atoms with Crippen molar-refractivity contribution in [1.82, 2.24) is 5.32 Å². The highest BCUT2D eigenvalue weighted by molar-refractivity contribution is 8.03. The molecule has 1 aliphatic heterocycles. The number of ether oxygens (including phenoxy) is 1. The van der Waals surface area contributed by atoms with Crippen LogP contribution in [0, 0.1) is 34.0 Å². The molecule has 0 aromatic heterocycles. The molecule has 1 amide bonds. The van der Waals surface area contributed by atoms with Gasteiger partial charge in [0.05, 0.1) is 35.1 Å². The van der Waals surface area contributed by atoms with E-state index < -0.39 is 23.2 Å². The van der Waals surface area contributed by atoms with Gasteiger partial charge >= 0.3 is 5.97 Å². The fraction of sp³-hybridized carbons (Fsp3) is 0.538. The van der Waals surface area contributed by atoms with Crippen molar-refractivity contribution in [3.63, 3.8) is 0 Å². The number of carbonyl (C=O) groups is 2. The highest BCUT2D eigenvalue weighted by Crippen LogP contribution is 2.41. The molecule has 0 aromatic carbocycles. The standard InChI is InChI=1S/C13H15N3O3S/c1-4-19-10(17)7-20-12-9(6-15)13(2,3)8(5-14)11(18)16-12/h8H,4,7H2,1-3H3,(H,16,18)/t8-/m1/s1. The SMILES string of the molecule is CCOC(=O)CSC1=C(C#N)C(C)(C)[C@H](C#N)C(=O)N1. The lowest BCUT2D eigenvalue weighted by atomic mass is 9.72. The van der Waals surface area contributed by atoms with Gasteiger partial charge in [0.1, 0.15) is 5.92 Å². The highest BCUT2D eigenvalue weighted by atomic mass is 32.2. The van der Waals surface area contributed by atoms with Crippen LogP contribution in [0.15, 0.2) is 10.6 Å². The summed E-state index contributed by atoms with van der Waals surface area (Å²) in [4.78, 5) is 23.2. The van der Waals surface area contributed by atoms with Gasteiger partial charge in [-0.25, -0.2) is 0 Å². The first-order valence-corrected chi connectivity index (χ1v) is 7.00. The summed E-state index contributed by atoms with van der Waals surface area (Å²) in [6.07, 6.45) is 0. The van der Waals surface area contributed by atoms with Gasteiger partial charge in [0.25, 0.3) is 0 Å². The molecule has 0 fully saturated rings. The Bertz CT molecular complexity index is 540. The summed E-state index contributed by atoms with van der Waals surface area (Å²) in [5, 5.41) is 21.2. The summed E-state index contributed by atoms with van der Waals surface area (Å²) in [7, 11) is 0. The third-order valence-corrected chi connectivity index (χ3v) is 3.95. The second-order valence-electron chi connectivity index (χ2n) is 4.68. The van der Waals surface area contributed by atoms with Crippen LogP contribution in [0.5, 0.6) is 0 Å². The first kappa shape index (κ1) is 16.1. The number of allylic oxidation sites excluding steroid dienone is 1. The second-order valence-corrected chi connectivity index (χ2v) is 5.67. The van der Waals surface area contributed by atoms with Gasteiger partial charge in [0.2, 0.25) is 5.91 Å². The summed E-state index contributed by atoms with van der Waals surface area (Å²) in [5.74, 6) is -1.80. The fourth-order valence-corrected chi connectivity index (χ4v) is 2.84. The van der Waals surface area contributed by atoms with Crippen molar-refractivity contribution in [3.8, 4) is 12.1 Å². The van der Waals surface area contributed by atoms with E-state index in [0.29, 0.717) is 10.6 Å². The van der Waals surface area contributed by atoms with Crippen LogP contribution in [0.3, 0.4) is 0 Å². The van der Waals surface area contributed by atoms with Crippen LogP contribution in [-0.2, 0) is 14.3 Å². The van der Waals surface area contributed by atoms with Crippen LogP contribution in [0.2, 0.25) is 0 Å². The lowest BCUT2D eigenvalue weighted by molar-refractivity contribution is -0.139. The predicted octanol–water partition coefficient (Wildman–Crippen LogP) is 1.31. The molecule has 0 saturated carbocycles. The van der Waals surface area contributed by atoms with E-state index in [-0.39, 0.29) is 12.4 Å². The molecule has 1 heterocycles. The number of nitrogens with zero attached hydrogens (tertiary/aromatic N) is 2. The third kappa shape index (κ3) is 3.12. The molecule has 0 spiro atoms. The molecule has 1 rings (SSSR count). The van der Waals surface area contributed by atoms with E-state index in [1.807, 2.05) is 12.1 Å². The Hall–Kier alpha value is -1.99. The molecule has 1 aliphatic rings. The molecule has 0 unspecified atom stereocenters. The summed E-state index contributed by atoms with van der Waals surface area (Å²) in [6.45, 7) is 5.32. The van der Waals surface area contributed by atoms with Crippen molar-refractivity contribution < 1.29 is 14.3 Å². The van der Waals surface area contributed by atoms with Gasteiger partial charge in [-0.1, -0.05) is 25.6 Å². The third-order valence-electron chi connectivity index (χ3n) is 2.97. The van der Waals surface area contributed by atoms with Gasteiger partial charge in [-0.3, -0.25) is 9.59 Å². The van der Waals surface area contributed by atoms with Gasteiger partial charge in [0, 0.05) is 5.41 Å². The number of hydrogen-bond acceptors (Lipinski definition) is 6. The lowest BCUT2D eigenvalue weighted by Gasteiger charge is -2.34. The molecule has 20 heavy (non-hydrogen) atoms. The van der Waals surface area contributed by atoms with E-state index in [1.165, 1.54) is 0 Å². The van der Waals surface area contributed by atoms with E-state index in [1.54, 1.807) is 20.8 Å². The number of esters is 1. The number of nitrogens with one attached hydrogen (secondary N) is 1. The van der Waals surface area contributed by atoms with E-state index in [2.05, 4.69) is 5.32 Å². The number of nitriles is 2. The van der Waals surface area contributed by atoms with Crippen LogP contribution >= 0.6 is 11.8 Å². The molecule has 1 atom stereocenters. The van der Waals surface area contributed by atoms with Gasteiger partial charge in [-0.2, -0.15) is 10.5 Å². The zero-order chi connectivity index (χ0) is 15.3. The Labute approximate surface area is 121 Å². The van der Waals surface area contributed by atoms with Crippen molar-refractivity contribution in [2.45, 2.75) is 20.8 Å². The smallest absolute Gasteiger partial charge is 0.316 e. The molecular weight excluding hydrogens is 278 g/mol. The lowest BCUT2D eigenvalue weighted by Crippen LogP contribution is -2.44. The number of hydrogen-bond donors (Lipinski definition) is 1. The maximum absolute atomic E-state index is 11.9. The molecule has 7 heteroatoms. The zero-order valence-corrected chi connectivity index (χ0v) is 12.3. The molecule has 106 valence electrons. The summed E-state index contributed by atoms with van der Waals surface area (Å²) >= 11 is 1.04. The Kier molecular flexibility index (Phi) is 5.18. The number of rotatable bonds is 4. The van der Waals surface area contributed by atoms with E-state index in [9.17, 15) is 14.9 Å². The van der Waals surface area contributed by atoms with Gasteiger partial charge in [0.15, 0.2) is 0 Å². The topological polar surface area (TPSA) is 103 Å². The van der Waals surface area contributed by atoms with Crippen molar-refractivity contribution in [3.05, 3.63) is 10.6 Å². The predicted molar refractivity (Wildman–Crippen MR) is 72.8 cm³/mol. The van der Waals surface area contributed by atoms with Crippen molar-refractivity contribution in [2.24, 2.45) is 11.3 Å². The normalized spacial score (nSPS) is 20.6. The van der Waals surface area contributed by atoms with Crippen LogP contribution in [-0.4, -0.2) is 24.2 Å². The highest BCUT2D eigenvalue weighted by Gasteiger charge is 2.44. The monoisotopic (exact) mass is 293 g/mol. The largest absolute Gasteiger partial charge is 0.465 e. The Morgan fingerprint density at radius 1 is 1.50 bits per heavy atom. The Balaban J connectivity index is 3.02. The molecule has 6 nitrogen and oxygen atoms in total. The number of carbonyl (C=O) groups excluding carboxylic acids is 2. The second kappa shape index (κ2) is 6.44. The quantitative estimate of drug-likeness (QED) is 0.784. The van der Waals surface area contributed by atoms with Crippen LogP contribution in [0.1, 0.15) is 20.8 Å². The van der Waals surface area contributed by atoms with E-state index >= 15 is 0 Å². The Morgan fingerprint density at radius 3 is 2.65 bits per heavy atom. The van der Waals surface area contributed by atoms with E-state index in [0.717, 1.165) is 11.8 Å². The van der Waals surface area contributed by atoms with Crippen LogP contribution < -0.4 is 5.32 Å². The maximum atomic E-state index is 11.9. The van der Waals surface area contributed by atoms with Gasteiger partial charge in [-0.15, -0.1) is 0 Å². The molecule has 0 aromatic rings. The molecular formula is C13H15N3O3S. The fourth-order valence-electron chi connectivity index (χ4n) is 1.87. The van der Waals surface area contributed by atoms with Crippen LogP contribution in [0.4, 0.5) is 0 Å². The number of amides is 1. The molecule has 0 radical (unpaired) electrons. The van der Waals surface area contributed by atoms with Gasteiger partial charge in [-0.05, 0) is 6.92 Å². The number of thioether (sulfide) groups is 1.